The minimum absolute atomic E-state index is 0.0753. The van der Waals surface area contributed by atoms with E-state index in [4.69, 9.17) is 14.2 Å². The molecule has 0 aromatic carbocycles. The van der Waals surface area contributed by atoms with Gasteiger partial charge in [0.15, 0.2) is 6.10 Å². The van der Waals surface area contributed by atoms with Crippen molar-refractivity contribution in [3.8, 4) is 0 Å². The van der Waals surface area contributed by atoms with Gasteiger partial charge in [0.25, 0.3) is 0 Å². The lowest BCUT2D eigenvalue weighted by molar-refractivity contribution is -0.167. The Morgan fingerprint density at radius 1 is 0.288 bits per heavy atom. The topological polar surface area (TPSA) is 78.9 Å². The Hall–Kier alpha value is -3.15. The van der Waals surface area contributed by atoms with E-state index in [0.29, 0.717) is 19.3 Å². The Labute approximate surface area is 453 Å². The summed E-state index contributed by atoms with van der Waals surface area (Å²) in [5.74, 6) is -0.871. The number of hydrogen-bond donors (Lipinski definition) is 0. The molecule has 0 heterocycles. The van der Waals surface area contributed by atoms with E-state index >= 15 is 0 Å². The summed E-state index contributed by atoms with van der Waals surface area (Å²) < 4.78 is 16.9. The molecule has 0 bridgehead atoms. The van der Waals surface area contributed by atoms with Gasteiger partial charge in [-0.05, 0) is 89.9 Å². The van der Waals surface area contributed by atoms with Gasteiger partial charge < -0.3 is 14.2 Å². The fraction of sp³-hybridized carbons (Fsp3) is 0.776. The third-order valence-corrected chi connectivity index (χ3v) is 13.7. The molecule has 0 aliphatic heterocycles. The Bertz CT molecular complexity index is 1360. The van der Waals surface area contributed by atoms with E-state index in [1.807, 2.05) is 0 Å². The highest BCUT2D eigenvalue weighted by Crippen LogP contribution is 2.16. The highest BCUT2D eigenvalue weighted by Gasteiger charge is 2.19. The quantitative estimate of drug-likeness (QED) is 0.0261. The minimum atomic E-state index is -0.778. The highest BCUT2D eigenvalue weighted by molar-refractivity contribution is 5.71. The lowest BCUT2D eigenvalue weighted by atomic mass is 10.1. The fourth-order valence-corrected chi connectivity index (χ4v) is 9.00. The third-order valence-electron chi connectivity index (χ3n) is 13.7. The summed E-state index contributed by atoms with van der Waals surface area (Å²) in [6.45, 7) is 6.54. The normalized spacial score (nSPS) is 12.5. The molecule has 0 spiro atoms. The minimum Gasteiger partial charge on any atom is -0.462 e. The molecule has 422 valence electrons. The van der Waals surface area contributed by atoms with Crippen LogP contribution < -0.4 is 0 Å². The molecule has 1 unspecified atom stereocenters. The first kappa shape index (κ1) is 69.8. The molecule has 6 heteroatoms. The molecule has 0 saturated heterocycles. The van der Waals surface area contributed by atoms with Crippen molar-refractivity contribution < 1.29 is 28.6 Å². The molecule has 0 saturated carbocycles. The molecule has 0 amide bonds. The zero-order chi connectivity index (χ0) is 52.9. The number of carbonyl (C=O) groups excluding carboxylic acids is 3. The predicted octanol–water partition coefficient (Wildman–Crippen LogP) is 21.3. The average molecular weight is 1020 g/mol. The van der Waals surface area contributed by atoms with Gasteiger partial charge in [-0.1, -0.05) is 280 Å². The van der Waals surface area contributed by atoms with Gasteiger partial charge in [0.2, 0.25) is 0 Å². The lowest BCUT2D eigenvalue weighted by Gasteiger charge is -2.18. The molecule has 1 atom stereocenters. The van der Waals surface area contributed by atoms with Crippen LogP contribution >= 0.6 is 0 Å². The molecular weight excluding hydrogens is 901 g/mol. The van der Waals surface area contributed by atoms with E-state index in [-0.39, 0.29) is 31.1 Å². The number of esters is 3. The van der Waals surface area contributed by atoms with E-state index in [1.165, 1.54) is 186 Å². The molecular formula is C67H118O6. The molecule has 0 aliphatic carbocycles. The van der Waals surface area contributed by atoms with Crippen LogP contribution in [0, 0.1) is 0 Å². The number of carbonyl (C=O) groups is 3. The largest absolute Gasteiger partial charge is 0.462 e. The van der Waals surface area contributed by atoms with E-state index in [1.54, 1.807) is 0 Å². The van der Waals surface area contributed by atoms with Crippen molar-refractivity contribution in [2.75, 3.05) is 13.2 Å². The molecule has 0 N–H and O–H groups in total. The maximum Gasteiger partial charge on any atom is 0.306 e. The Morgan fingerprint density at radius 2 is 0.534 bits per heavy atom. The van der Waals surface area contributed by atoms with Crippen LogP contribution in [-0.4, -0.2) is 37.2 Å². The summed E-state index contributed by atoms with van der Waals surface area (Å²) in [6, 6.07) is 0. The summed E-state index contributed by atoms with van der Waals surface area (Å²) in [7, 11) is 0. The molecule has 0 fully saturated rings. The number of hydrogen-bond acceptors (Lipinski definition) is 6. The van der Waals surface area contributed by atoms with Crippen LogP contribution in [0.15, 0.2) is 72.9 Å². The monoisotopic (exact) mass is 1020 g/mol. The standard InChI is InChI=1S/C67H118O6/c1-4-7-10-13-16-19-22-24-26-28-30-32-33-35-36-38-40-42-45-48-51-54-57-60-66(69)72-63-64(62-71-65(68)59-56-53-50-47-44-21-18-15-12-9-6-3)73-67(70)61-58-55-52-49-46-43-41-39-37-34-31-29-27-25-23-20-17-14-11-8-5-2/h7,10,16,19,23-26,29-32,64H,4-6,8-9,11-15,17-18,20-22,27-28,33-63H2,1-3H3/b10-7-,19-16-,25-23-,26-24-,31-29-,32-30-. The zero-order valence-electron chi connectivity index (χ0n) is 48.4. The predicted molar refractivity (Wildman–Crippen MR) is 316 cm³/mol. The van der Waals surface area contributed by atoms with E-state index in [9.17, 15) is 14.4 Å². The average Bonchev–Trinajstić information content (AvgIpc) is 3.39. The SMILES string of the molecule is CC/C=C\C/C=C\C/C=C\C/C=C\CCCCCCCCCCCCC(=O)OCC(COC(=O)CCCCCCCCCCCCC)OC(=O)CCCCCCCCCCC/C=C\C/C=C\CCCCCCC. The second-order valence-corrected chi connectivity index (χ2v) is 20.9. The molecule has 0 aliphatic rings. The number of unbranched alkanes of at least 4 members (excludes halogenated alkanes) is 34. The van der Waals surface area contributed by atoms with Gasteiger partial charge in [0, 0.05) is 19.3 Å². The first-order valence-electron chi connectivity index (χ1n) is 31.4. The van der Waals surface area contributed by atoms with Crippen LogP contribution in [0.4, 0.5) is 0 Å². The van der Waals surface area contributed by atoms with Crippen LogP contribution in [0.5, 0.6) is 0 Å². The van der Waals surface area contributed by atoms with Crippen molar-refractivity contribution >= 4 is 17.9 Å². The summed E-state index contributed by atoms with van der Waals surface area (Å²) in [4.78, 5) is 38.2. The van der Waals surface area contributed by atoms with Gasteiger partial charge in [-0.25, -0.2) is 0 Å². The summed E-state index contributed by atoms with van der Waals surface area (Å²) in [5.41, 5.74) is 0. The summed E-state index contributed by atoms with van der Waals surface area (Å²) >= 11 is 0. The van der Waals surface area contributed by atoms with Crippen molar-refractivity contribution in [1.29, 1.82) is 0 Å². The van der Waals surface area contributed by atoms with Crippen molar-refractivity contribution in [3.05, 3.63) is 72.9 Å². The van der Waals surface area contributed by atoms with Gasteiger partial charge >= 0.3 is 17.9 Å². The van der Waals surface area contributed by atoms with Crippen molar-refractivity contribution in [3.63, 3.8) is 0 Å². The van der Waals surface area contributed by atoms with Crippen LogP contribution in [0.25, 0.3) is 0 Å². The fourth-order valence-electron chi connectivity index (χ4n) is 9.00. The van der Waals surface area contributed by atoms with E-state index in [2.05, 4.69) is 93.7 Å². The third kappa shape index (κ3) is 59.6. The van der Waals surface area contributed by atoms with Crippen molar-refractivity contribution in [1.82, 2.24) is 0 Å². The first-order valence-corrected chi connectivity index (χ1v) is 31.4. The summed E-state index contributed by atoms with van der Waals surface area (Å²) in [5, 5.41) is 0. The van der Waals surface area contributed by atoms with E-state index < -0.39 is 6.10 Å². The second-order valence-electron chi connectivity index (χ2n) is 20.9. The second kappa shape index (κ2) is 61.4. The van der Waals surface area contributed by atoms with Gasteiger partial charge in [-0.3, -0.25) is 14.4 Å². The Balaban J connectivity index is 4.29. The zero-order valence-corrected chi connectivity index (χ0v) is 48.4. The number of rotatable bonds is 57. The van der Waals surface area contributed by atoms with Crippen LogP contribution in [0.2, 0.25) is 0 Å². The van der Waals surface area contributed by atoms with Gasteiger partial charge in [-0.2, -0.15) is 0 Å². The lowest BCUT2D eigenvalue weighted by Crippen LogP contribution is -2.30. The van der Waals surface area contributed by atoms with Gasteiger partial charge in [0.1, 0.15) is 13.2 Å². The molecule has 0 aromatic heterocycles. The smallest absolute Gasteiger partial charge is 0.306 e. The molecule has 73 heavy (non-hydrogen) atoms. The van der Waals surface area contributed by atoms with Crippen LogP contribution in [0.1, 0.15) is 316 Å². The first-order chi connectivity index (χ1) is 36.0. The number of allylic oxidation sites excluding steroid dienone is 12. The Kier molecular flexibility index (Phi) is 58.7. The summed E-state index contributed by atoms with van der Waals surface area (Å²) in [6.07, 6.45) is 79.0. The van der Waals surface area contributed by atoms with E-state index in [0.717, 1.165) is 89.9 Å². The van der Waals surface area contributed by atoms with Crippen LogP contribution in [-0.2, 0) is 28.6 Å². The molecule has 6 nitrogen and oxygen atoms in total. The van der Waals surface area contributed by atoms with Crippen molar-refractivity contribution in [2.24, 2.45) is 0 Å². The van der Waals surface area contributed by atoms with Gasteiger partial charge in [0.05, 0.1) is 0 Å². The molecule has 0 rings (SSSR count). The molecule has 0 radical (unpaired) electrons. The number of ether oxygens (including phenoxy) is 3. The molecule has 0 aromatic rings. The van der Waals surface area contributed by atoms with Gasteiger partial charge in [-0.15, -0.1) is 0 Å². The highest BCUT2D eigenvalue weighted by atomic mass is 16.6. The Morgan fingerprint density at radius 3 is 0.836 bits per heavy atom. The van der Waals surface area contributed by atoms with Crippen molar-refractivity contribution in [2.45, 2.75) is 322 Å². The van der Waals surface area contributed by atoms with Crippen LogP contribution in [0.3, 0.4) is 0 Å². The maximum absolute atomic E-state index is 12.9. The maximum atomic E-state index is 12.9.